The predicted molar refractivity (Wildman–Crippen MR) is 99.7 cm³/mol. The Labute approximate surface area is 151 Å². The summed E-state index contributed by atoms with van der Waals surface area (Å²) in [6.45, 7) is 12.6. The lowest BCUT2D eigenvalue weighted by Crippen LogP contribution is -2.47. The van der Waals surface area contributed by atoms with Crippen LogP contribution in [-0.2, 0) is 22.5 Å². The van der Waals surface area contributed by atoms with Gasteiger partial charge in [0.1, 0.15) is 0 Å². The highest BCUT2D eigenvalue weighted by Gasteiger charge is 2.32. The van der Waals surface area contributed by atoms with Crippen LogP contribution in [-0.4, -0.2) is 49.0 Å². The third kappa shape index (κ3) is 5.28. The van der Waals surface area contributed by atoms with E-state index in [-0.39, 0.29) is 11.3 Å². The fourth-order valence-electron chi connectivity index (χ4n) is 3.66. The van der Waals surface area contributed by atoms with Gasteiger partial charge in [-0.05, 0) is 45.7 Å². The van der Waals surface area contributed by atoms with Crippen LogP contribution in [0.2, 0.25) is 0 Å². The lowest BCUT2D eigenvalue weighted by atomic mass is 9.79. The third-order valence-electron chi connectivity index (χ3n) is 5.18. The number of aryl methyl sites for hydroxylation is 1. The number of ether oxygens (including phenoxy) is 1. The number of methoxy groups -OCH3 is 1. The Morgan fingerprint density at radius 3 is 2.64 bits per heavy atom. The van der Waals surface area contributed by atoms with E-state index in [4.69, 9.17) is 4.74 Å². The molecule has 0 aromatic carbocycles. The molecule has 1 saturated heterocycles. The second kappa shape index (κ2) is 8.81. The van der Waals surface area contributed by atoms with Crippen molar-refractivity contribution < 1.29 is 9.53 Å². The lowest BCUT2D eigenvalue weighted by Gasteiger charge is -2.37. The van der Waals surface area contributed by atoms with E-state index in [9.17, 15) is 4.79 Å². The van der Waals surface area contributed by atoms with Crippen LogP contribution in [0.25, 0.3) is 0 Å². The number of carbonyl (C=O) groups is 1. The van der Waals surface area contributed by atoms with Crippen molar-refractivity contribution in [2.24, 2.45) is 11.3 Å². The Morgan fingerprint density at radius 2 is 2.04 bits per heavy atom. The van der Waals surface area contributed by atoms with Gasteiger partial charge in [-0.25, -0.2) is 0 Å². The van der Waals surface area contributed by atoms with E-state index in [0.717, 1.165) is 49.4 Å². The minimum atomic E-state index is 0.0571. The molecule has 0 bridgehead atoms. The van der Waals surface area contributed by atoms with Crippen molar-refractivity contribution >= 4 is 5.91 Å². The fourth-order valence-corrected chi connectivity index (χ4v) is 3.66. The maximum Gasteiger partial charge on any atom is 0.224 e. The molecule has 2 heterocycles. The molecule has 0 saturated carbocycles. The van der Waals surface area contributed by atoms with E-state index in [1.54, 1.807) is 7.11 Å². The van der Waals surface area contributed by atoms with Crippen LogP contribution >= 0.6 is 0 Å². The van der Waals surface area contributed by atoms with E-state index in [1.807, 2.05) is 11.6 Å². The SMILES string of the molecule is COCC1(CNC(=O)Cc2c(C)nn(CC(C)C)c2C)CCNCC1. The first-order valence-corrected chi connectivity index (χ1v) is 9.36. The minimum absolute atomic E-state index is 0.0571. The Balaban J connectivity index is 1.97. The molecule has 0 spiro atoms. The van der Waals surface area contributed by atoms with Gasteiger partial charge in [-0.3, -0.25) is 9.48 Å². The number of carbonyl (C=O) groups excluding carboxylic acids is 1. The number of amides is 1. The lowest BCUT2D eigenvalue weighted by molar-refractivity contribution is -0.121. The summed E-state index contributed by atoms with van der Waals surface area (Å²) in [6, 6.07) is 0. The van der Waals surface area contributed by atoms with Crippen LogP contribution < -0.4 is 10.6 Å². The second-order valence-corrected chi connectivity index (χ2v) is 7.86. The molecule has 0 radical (unpaired) electrons. The molecule has 1 fully saturated rings. The van der Waals surface area contributed by atoms with Crippen molar-refractivity contribution in [3.63, 3.8) is 0 Å². The van der Waals surface area contributed by atoms with Crippen molar-refractivity contribution in [3.8, 4) is 0 Å². The molecule has 1 aromatic rings. The van der Waals surface area contributed by atoms with Crippen molar-refractivity contribution in [1.29, 1.82) is 0 Å². The number of nitrogens with one attached hydrogen (secondary N) is 2. The van der Waals surface area contributed by atoms with Gasteiger partial charge < -0.3 is 15.4 Å². The maximum absolute atomic E-state index is 12.5. The summed E-state index contributed by atoms with van der Waals surface area (Å²) in [5.74, 6) is 0.609. The van der Waals surface area contributed by atoms with Crippen LogP contribution in [0.15, 0.2) is 0 Å². The average Bonchev–Trinajstić information content (AvgIpc) is 2.81. The summed E-state index contributed by atoms with van der Waals surface area (Å²) in [6.07, 6.45) is 2.47. The van der Waals surface area contributed by atoms with Gasteiger partial charge in [0.05, 0.1) is 18.7 Å². The van der Waals surface area contributed by atoms with Crippen molar-refractivity contribution in [2.75, 3.05) is 33.4 Å². The van der Waals surface area contributed by atoms with E-state index in [1.165, 1.54) is 0 Å². The zero-order valence-electron chi connectivity index (χ0n) is 16.4. The molecule has 1 amide bonds. The molecule has 0 aliphatic carbocycles. The Hall–Kier alpha value is -1.40. The molecule has 2 N–H and O–H groups in total. The third-order valence-corrected chi connectivity index (χ3v) is 5.18. The monoisotopic (exact) mass is 350 g/mol. The molecule has 142 valence electrons. The standard InChI is InChI=1S/C19H34N4O2/c1-14(2)11-23-16(4)17(15(3)22-23)10-18(24)21-12-19(13-25-5)6-8-20-9-7-19/h14,20H,6-13H2,1-5H3,(H,21,24). The molecule has 25 heavy (non-hydrogen) atoms. The Morgan fingerprint density at radius 1 is 1.36 bits per heavy atom. The van der Waals surface area contributed by atoms with Crippen LogP contribution in [0.5, 0.6) is 0 Å². The first-order chi connectivity index (χ1) is 11.9. The number of nitrogens with zero attached hydrogens (tertiary/aromatic N) is 2. The number of hydrogen-bond acceptors (Lipinski definition) is 4. The highest BCUT2D eigenvalue weighted by atomic mass is 16.5. The Bertz CT molecular complexity index is 569. The Kier molecular flexibility index (Phi) is 7.02. The van der Waals surface area contributed by atoms with Gasteiger partial charge in [0, 0.05) is 36.9 Å². The van der Waals surface area contributed by atoms with Crippen molar-refractivity contribution in [1.82, 2.24) is 20.4 Å². The highest BCUT2D eigenvalue weighted by Crippen LogP contribution is 2.28. The predicted octanol–water partition coefficient (Wildman–Crippen LogP) is 1.83. The van der Waals surface area contributed by atoms with Crippen molar-refractivity contribution in [3.05, 3.63) is 17.0 Å². The summed E-state index contributed by atoms with van der Waals surface area (Å²) in [4.78, 5) is 12.5. The van der Waals surface area contributed by atoms with Gasteiger partial charge in [0.25, 0.3) is 0 Å². The first kappa shape index (κ1) is 19.9. The zero-order valence-corrected chi connectivity index (χ0v) is 16.4. The first-order valence-electron chi connectivity index (χ1n) is 9.36. The van der Waals surface area contributed by atoms with Gasteiger partial charge in [-0.1, -0.05) is 13.8 Å². The molecular weight excluding hydrogens is 316 g/mol. The number of piperidine rings is 1. The number of rotatable bonds is 8. The summed E-state index contributed by atoms with van der Waals surface area (Å²) in [5.41, 5.74) is 3.18. The number of aromatic nitrogens is 2. The summed E-state index contributed by atoms with van der Waals surface area (Å²) < 4.78 is 7.45. The van der Waals surface area contributed by atoms with Gasteiger partial charge in [-0.15, -0.1) is 0 Å². The van der Waals surface area contributed by atoms with Gasteiger partial charge in [0.15, 0.2) is 0 Å². The van der Waals surface area contributed by atoms with E-state index in [0.29, 0.717) is 25.5 Å². The van der Waals surface area contributed by atoms with Gasteiger partial charge in [-0.2, -0.15) is 5.10 Å². The average molecular weight is 351 g/mol. The van der Waals surface area contributed by atoms with E-state index >= 15 is 0 Å². The minimum Gasteiger partial charge on any atom is -0.384 e. The molecule has 1 aliphatic heterocycles. The van der Waals surface area contributed by atoms with Crippen LogP contribution in [0.3, 0.4) is 0 Å². The molecule has 6 nitrogen and oxygen atoms in total. The normalized spacial score (nSPS) is 17.0. The van der Waals surface area contributed by atoms with Crippen molar-refractivity contribution in [2.45, 2.75) is 53.5 Å². The van der Waals surface area contributed by atoms with Crippen LogP contribution in [0, 0.1) is 25.2 Å². The second-order valence-electron chi connectivity index (χ2n) is 7.86. The maximum atomic E-state index is 12.5. The fraction of sp³-hybridized carbons (Fsp3) is 0.789. The van der Waals surface area contributed by atoms with Crippen LogP contribution in [0.4, 0.5) is 0 Å². The smallest absolute Gasteiger partial charge is 0.224 e. The zero-order chi connectivity index (χ0) is 18.4. The quantitative estimate of drug-likeness (QED) is 0.751. The molecule has 0 atom stereocenters. The summed E-state index contributed by atoms with van der Waals surface area (Å²) in [5, 5.41) is 11.1. The highest BCUT2D eigenvalue weighted by molar-refractivity contribution is 5.79. The van der Waals surface area contributed by atoms with Crippen LogP contribution in [0.1, 0.15) is 43.6 Å². The molecule has 0 unspecified atom stereocenters. The molecular formula is C19H34N4O2. The molecule has 6 heteroatoms. The summed E-state index contributed by atoms with van der Waals surface area (Å²) in [7, 11) is 1.74. The molecule has 2 rings (SSSR count). The number of hydrogen-bond donors (Lipinski definition) is 2. The molecule has 1 aromatic heterocycles. The largest absolute Gasteiger partial charge is 0.384 e. The molecule has 1 aliphatic rings. The van der Waals surface area contributed by atoms with Gasteiger partial charge in [0.2, 0.25) is 5.91 Å². The van der Waals surface area contributed by atoms with Gasteiger partial charge >= 0.3 is 0 Å². The van der Waals surface area contributed by atoms with E-state index < -0.39 is 0 Å². The van der Waals surface area contributed by atoms with E-state index in [2.05, 4.69) is 36.5 Å². The summed E-state index contributed by atoms with van der Waals surface area (Å²) >= 11 is 0. The topological polar surface area (TPSA) is 68.2 Å².